The van der Waals surface area contributed by atoms with Crippen molar-refractivity contribution < 1.29 is 23.8 Å². The van der Waals surface area contributed by atoms with Gasteiger partial charge in [0.2, 0.25) is 5.78 Å². The number of esters is 1. The molecule has 1 aliphatic heterocycles. The van der Waals surface area contributed by atoms with Gasteiger partial charge in [-0.25, -0.2) is 4.79 Å². The fourth-order valence-electron chi connectivity index (χ4n) is 5.55. The molecule has 0 bridgehead atoms. The maximum atomic E-state index is 13.0. The minimum Gasteiger partial charge on any atom is -0.486 e. The molecule has 2 aliphatic rings. The maximum absolute atomic E-state index is 13.0. The summed E-state index contributed by atoms with van der Waals surface area (Å²) >= 11 is 0. The number of para-hydroxylation sites is 2. The molecule has 6 rings (SSSR count). The van der Waals surface area contributed by atoms with E-state index < -0.39 is 5.97 Å². The molecule has 7 heteroatoms. The largest absolute Gasteiger partial charge is 0.486 e. The molecule has 0 saturated heterocycles. The first-order valence-corrected chi connectivity index (χ1v) is 12.9. The van der Waals surface area contributed by atoms with Gasteiger partial charge in [0.15, 0.2) is 24.2 Å². The van der Waals surface area contributed by atoms with Crippen molar-refractivity contribution in [3.05, 3.63) is 82.3 Å². The third-order valence-corrected chi connectivity index (χ3v) is 7.50. The normalized spacial score (nSPS) is 16.4. The zero-order valence-electron chi connectivity index (χ0n) is 21.1. The lowest BCUT2D eigenvalue weighted by atomic mass is 9.95. The molecule has 2 aromatic carbocycles. The lowest BCUT2D eigenvalue weighted by Crippen LogP contribution is -2.33. The molecular weight excluding hydrogens is 468 g/mol. The Kier molecular flexibility index (Phi) is 5.99. The van der Waals surface area contributed by atoms with Crippen LogP contribution in [0, 0.1) is 13.8 Å². The number of benzene rings is 2. The standard InChI is InChI=1S/C30H30N2O5/c1-18-13-23(19(2)32(18)15-21-16-35-28-9-5-6-10-29(28)37-21)27(33)17-36-30(34)20-11-12-26-24(14-20)22-7-3-4-8-25(22)31-26/h5-6,9-14,21,31H,3-4,7-8,15-17H2,1-2H3. The molecule has 1 unspecified atom stereocenters. The van der Waals surface area contributed by atoms with E-state index in [-0.39, 0.29) is 18.5 Å². The number of nitrogens with zero attached hydrogens (tertiary/aromatic N) is 1. The van der Waals surface area contributed by atoms with E-state index in [1.807, 2.05) is 56.3 Å². The van der Waals surface area contributed by atoms with Gasteiger partial charge in [-0.05, 0) is 81.5 Å². The summed E-state index contributed by atoms with van der Waals surface area (Å²) in [5.74, 6) is 0.760. The van der Waals surface area contributed by atoms with Crippen LogP contribution in [0.2, 0.25) is 0 Å². The van der Waals surface area contributed by atoms with Crippen molar-refractivity contribution in [2.45, 2.75) is 52.2 Å². The molecular formula is C30H30N2O5. The van der Waals surface area contributed by atoms with E-state index in [1.54, 1.807) is 6.07 Å². The first kappa shape index (κ1) is 23.4. The lowest BCUT2D eigenvalue weighted by Gasteiger charge is -2.27. The van der Waals surface area contributed by atoms with Crippen LogP contribution in [0.15, 0.2) is 48.5 Å². The number of fused-ring (bicyclic) bond motifs is 4. The predicted molar refractivity (Wildman–Crippen MR) is 140 cm³/mol. The van der Waals surface area contributed by atoms with Gasteiger partial charge in [0.1, 0.15) is 6.61 Å². The van der Waals surface area contributed by atoms with Crippen LogP contribution in [-0.4, -0.2) is 40.6 Å². The second-order valence-electron chi connectivity index (χ2n) is 9.94. The summed E-state index contributed by atoms with van der Waals surface area (Å²) in [5.41, 5.74) is 6.40. The number of carbonyl (C=O) groups excluding carboxylic acids is 2. The number of hydrogen-bond acceptors (Lipinski definition) is 5. The lowest BCUT2D eigenvalue weighted by molar-refractivity contribution is 0.0474. The topological polar surface area (TPSA) is 82.6 Å². The van der Waals surface area contributed by atoms with Crippen molar-refractivity contribution in [3.8, 4) is 11.5 Å². The summed E-state index contributed by atoms with van der Waals surface area (Å²) in [7, 11) is 0. The minimum absolute atomic E-state index is 0.172. The Labute approximate surface area is 215 Å². The smallest absolute Gasteiger partial charge is 0.338 e. The van der Waals surface area contributed by atoms with E-state index in [0.29, 0.717) is 24.3 Å². The maximum Gasteiger partial charge on any atom is 0.338 e. The minimum atomic E-state index is -0.485. The van der Waals surface area contributed by atoms with Gasteiger partial charge in [0, 0.05) is 33.5 Å². The van der Waals surface area contributed by atoms with Crippen molar-refractivity contribution in [1.29, 1.82) is 0 Å². The molecule has 1 atom stereocenters. The summed E-state index contributed by atoms with van der Waals surface area (Å²) in [5, 5.41) is 1.08. The monoisotopic (exact) mass is 498 g/mol. The van der Waals surface area contributed by atoms with Gasteiger partial charge >= 0.3 is 5.97 Å². The molecule has 190 valence electrons. The van der Waals surface area contributed by atoms with E-state index in [2.05, 4.69) is 9.55 Å². The fraction of sp³-hybridized carbons (Fsp3) is 0.333. The van der Waals surface area contributed by atoms with Crippen LogP contribution in [0.4, 0.5) is 0 Å². The predicted octanol–water partition coefficient (Wildman–Crippen LogP) is 5.34. The van der Waals surface area contributed by atoms with E-state index in [0.717, 1.165) is 53.1 Å². The Morgan fingerprint density at radius 2 is 1.86 bits per heavy atom. The molecule has 37 heavy (non-hydrogen) atoms. The van der Waals surface area contributed by atoms with Gasteiger partial charge in [-0.3, -0.25) is 4.79 Å². The average molecular weight is 499 g/mol. The number of Topliss-reactive ketones (excluding diaryl/α,β-unsaturated/α-hetero) is 1. The highest BCUT2D eigenvalue weighted by molar-refractivity contribution is 6.01. The van der Waals surface area contributed by atoms with Crippen LogP contribution in [0.3, 0.4) is 0 Å². The number of aryl methyl sites for hydroxylation is 3. The Morgan fingerprint density at radius 1 is 1.05 bits per heavy atom. The molecule has 7 nitrogen and oxygen atoms in total. The van der Waals surface area contributed by atoms with Gasteiger partial charge in [-0.1, -0.05) is 12.1 Å². The highest BCUT2D eigenvalue weighted by atomic mass is 16.6. The van der Waals surface area contributed by atoms with Gasteiger partial charge < -0.3 is 23.8 Å². The Morgan fingerprint density at radius 3 is 2.73 bits per heavy atom. The van der Waals surface area contributed by atoms with Crippen LogP contribution >= 0.6 is 0 Å². The van der Waals surface area contributed by atoms with Crippen LogP contribution in [0.1, 0.15) is 56.2 Å². The van der Waals surface area contributed by atoms with E-state index in [1.165, 1.54) is 17.7 Å². The number of H-pyrrole nitrogens is 1. The molecule has 2 aromatic heterocycles. The van der Waals surface area contributed by atoms with Crippen LogP contribution < -0.4 is 9.47 Å². The van der Waals surface area contributed by atoms with Crippen molar-refractivity contribution in [2.75, 3.05) is 13.2 Å². The molecule has 1 N–H and O–H groups in total. The SMILES string of the molecule is Cc1cc(C(=O)COC(=O)c2ccc3[nH]c4c(c3c2)CCCC4)c(C)n1CC1COc2ccccc2O1. The summed E-state index contributed by atoms with van der Waals surface area (Å²) in [4.78, 5) is 29.3. The molecule has 0 amide bonds. The van der Waals surface area contributed by atoms with Crippen molar-refractivity contribution in [2.24, 2.45) is 0 Å². The number of aromatic amines is 1. The number of aromatic nitrogens is 2. The Hall–Kier alpha value is -4.00. The second kappa shape index (κ2) is 9.47. The van der Waals surface area contributed by atoms with Gasteiger partial charge in [0.05, 0.1) is 12.1 Å². The van der Waals surface area contributed by atoms with Gasteiger partial charge in [-0.15, -0.1) is 0 Å². The molecule has 0 saturated carbocycles. The third-order valence-electron chi connectivity index (χ3n) is 7.50. The van der Waals surface area contributed by atoms with E-state index in [4.69, 9.17) is 14.2 Å². The molecule has 0 spiro atoms. The molecule has 0 fully saturated rings. The number of ether oxygens (including phenoxy) is 3. The van der Waals surface area contributed by atoms with Crippen LogP contribution in [0.5, 0.6) is 11.5 Å². The average Bonchev–Trinajstić information content (AvgIpc) is 3.43. The summed E-state index contributed by atoms with van der Waals surface area (Å²) in [6, 6.07) is 15.0. The Balaban J connectivity index is 1.12. The van der Waals surface area contributed by atoms with Crippen LogP contribution in [-0.2, 0) is 24.1 Å². The number of ketones is 1. The van der Waals surface area contributed by atoms with Crippen molar-refractivity contribution >= 4 is 22.7 Å². The molecule has 3 heterocycles. The summed E-state index contributed by atoms with van der Waals surface area (Å²) in [6.07, 6.45) is 4.24. The Bertz CT molecular complexity index is 1510. The van der Waals surface area contributed by atoms with Crippen molar-refractivity contribution in [1.82, 2.24) is 9.55 Å². The highest BCUT2D eigenvalue weighted by Crippen LogP contribution is 2.32. The zero-order valence-corrected chi connectivity index (χ0v) is 21.1. The van der Waals surface area contributed by atoms with Crippen molar-refractivity contribution in [3.63, 3.8) is 0 Å². The molecule has 1 aliphatic carbocycles. The number of carbonyl (C=O) groups is 2. The van der Waals surface area contributed by atoms with Gasteiger partial charge in [-0.2, -0.15) is 0 Å². The van der Waals surface area contributed by atoms with Crippen LogP contribution in [0.25, 0.3) is 10.9 Å². The second-order valence-corrected chi connectivity index (χ2v) is 9.94. The number of hydrogen-bond donors (Lipinski definition) is 1. The molecule has 0 radical (unpaired) electrons. The third kappa shape index (κ3) is 4.39. The number of rotatable bonds is 6. The molecule has 4 aromatic rings. The van der Waals surface area contributed by atoms with E-state index >= 15 is 0 Å². The highest BCUT2D eigenvalue weighted by Gasteiger charge is 2.25. The quantitative estimate of drug-likeness (QED) is 0.286. The number of nitrogens with one attached hydrogen (secondary N) is 1. The summed E-state index contributed by atoms with van der Waals surface area (Å²) < 4.78 is 19.4. The first-order chi connectivity index (χ1) is 18.0. The zero-order chi connectivity index (χ0) is 25.5. The summed E-state index contributed by atoms with van der Waals surface area (Å²) in [6.45, 7) is 4.55. The first-order valence-electron chi connectivity index (χ1n) is 12.9. The fourth-order valence-corrected chi connectivity index (χ4v) is 5.55. The van der Waals surface area contributed by atoms with Gasteiger partial charge in [0.25, 0.3) is 0 Å². The van der Waals surface area contributed by atoms with E-state index in [9.17, 15) is 9.59 Å².